The van der Waals surface area contributed by atoms with Crippen LogP contribution < -0.4 is 15.4 Å². The number of amides is 4. The van der Waals surface area contributed by atoms with Crippen LogP contribution in [-0.4, -0.2) is 47.1 Å². The molecule has 0 radical (unpaired) electrons. The highest BCUT2D eigenvalue weighted by atomic mass is 19.4. The lowest BCUT2D eigenvalue weighted by molar-refractivity contribution is -0.275. The van der Waals surface area contributed by atoms with E-state index in [-0.39, 0.29) is 36.1 Å². The van der Waals surface area contributed by atoms with E-state index in [2.05, 4.69) is 10.1 Å². The van der Waals surface area contributed by atoms with Gasteiger partial charge in [-0.1, -0.05) is 18.2 Å². The lowest BCUT2D eigenvalue weighted by Gasteiger charge is -2.29. The van der Waals surface area contributed by atoms with Crippen LogP contribution in [0.5, 0.6) is 5.75 Å². The Morgan fingerprint density at radius 2 is 1.76 bits per heavy atom. The molecule has 2 heterocycles. The first-order chi connectivity index (χ1) is 17.2. The molecule has 14 heteroatoms. The van der Waals surface area contributed by atoms with E-state index in [1.807, 2.05) is 0 Å². The number of para-hydroxylation sites is 1. The second-order valence-electron chi connectivity index (χ2n) is 8.31. The molecule has 2 aliphatic heterocycles. The summed E-state index contributed by atoms with van der Waals surface area (Å²) >= 11 is 0. The molecule has 0 saturated carbocycles. The molecule has 196 valence electrons. The SMILES string of the molecule is O=C1CCC(N2Cc3cc(C(=O)N[C@H](c4ccccc4OC(F)(F)F)C(F)(F)F)ccc3C2=O)C(=O)N1. The predicted molar refractivity (Wildman–Crippen MR) is 112 cm³/mol. The first-order valence-corrected chi connectivity index (χ1v) is 10.7. The minimum absolute atomic E-state index is 0.0164. The van der Waals surface area contributed by atoms with E-state index in [0.717, 1.165) is 24.3 Å². The largest absolute Gasteiger partial charge is 0.573 e. The van der Waals surface area contributed by atoms with E-state index < -0.39 is 59.6 Å². The first-order valence-electron chi connectivity index (χ1n) is 10.7. The monoisotopic (exact) mass is 529 g/mol. The van der Waals surface area contributed by atoms with Crippen molar-refractivity contribution in [2.24, 2.45) is 0 Å². The summed E-state index contributed by atoms with van der Waals surface area (Å²) < 4.78 is 83.3. The second-order valence-corrected chi connectivity index (χ2v) is 8.31. The number of fused-ring (bicyclic) bond motifs is 1. The quantitative estimate of drug-likeness (QED) is 0.457. The van der Waals surface area contributed by atoms with E-state index in [4.69, 9.17) is 0 Å². The van der Waals surface area contributed by atoms with E-state index in [1.165, 1.54) is 17.0 Å². The summed E-state index contributed by atoms with van der Waals surface area (Å²) in [6.45, 7) is -0.132. The van der Waals surface area contributed by atoms with Gasteiger partial charge in [0, 0.05) is 29.7 Å². The van der Waals surface area contributed by atoms with Crippen molar-refractivity contribution in [3.63, 3.8) is 0 Å². The van der Waals surface area contributed by atoms with Crippen LogP contribution in [0, 0.1) is 0 Å². The average Bonchev–Trinajstić information content (AvgIpc) is 3.11. The topological polar surface area (TPSA) is 105 Å². The van der Waals surface area contributed by atoms with Gasteiger partial charge in [-0.2, -0.15) is 13.2 Å². The second kappa shape index (κ2) is 9.41. The van der Waals surface area contributed by atoms with E-state index >= 15 is 0 Å². The van der Waals surface area contributed by atoms with Crippen LogP contribution in [-0.2, 0) is 16.1 Å². The van der Waals surface area contributed by atoms with Gasteiger partial charge in [0.15, 0.2) is 6.04 Å². The zero-order valence-corrected chi connectivity index (χ0v) is 18.6. The zero-order valence-electron chi connectivity index (χ0n) is 18.6. The molecule has 0 aromatic heterocycles. The summed E-state index contributed by atoms with van der Waals surface area (Å²) in [7, 11) is 0. The van der Waals surface area contributed by atoms with Crippen molar-refractivity contribution in [2.75, 3.05) is 0 Å². The van der Waals surface area contributed by atoms with Crippen molar-refractivity contribution >= 4 is 23.6 Å². The Balaban J connectivity index is 1.57. The number of alkyl halides is 6. The number of piperidine rings is 1. The molecule has 0 bridgehead atoms. The van der Waals surface area contributed by atoms with Crippen molar-refractivity contribution < 1.29 is 50.3 Å². The van der Waals surface area contributed by atoms with Crippen LogP contribution in [0.15, 0.2) is 42.5 Å². The van der Waals surface area contributed by atoms with E-state index in [0.29, 0.717) is 6.07 Å². The van der Waals surface area contributed by atoms with E-state index in [1.54, 1.807) is 5.32 Å². The molecular weight excluding hydrogens is 512 g/mol. The van der Waals surface area contributed by atoms with Crippen molar-refractivity contribution in [1.82, 2.24) is 15.5 Å². The molecular formula is C23H17F6N3O5. The summed E-state index contributed by atoms with van der Waals surface area (Å²) in [6.07, 6.45) is -10.3. The summed E-state index contributed by atoms with van der Waals surface area (Å²) in [6, 6.07) is 3.24. The Bertz CT molecular complexity index is 1280. The van der Waals surface area contributed by atoms with Gasteiger partial charge in [-0.15, -0.1) is 13.2 Å². The molecule has 1 fully saturated rings. The third kappa shape index (κ3) is 5.52. The molecule has 2 aromatic carbocycles. The Morgan fingerprint density at radius 3 is 2.41 bits per heavy atom. The molecule has 8 nitrogen and oxygen atoms in total. The minimum atomic E-state index is -5.27. The molecule has 4 amide bonds. The number of nitrogens with zero attached hydrogens (tertiary/aromatic N) is 1. The Labute approximate surface area is 204 Å². The lowest BCUT2D eigenvalue weighted by Crippen LogP contribution is -2.52. The number of carbonyl (C=O) groups excluding carboxylic acids is 4. The summed E-state index contributed by atoms with van der Waals surface area (Å²) in [5.41, 5.74) is -0.870. The van der Waals surface area contributed by atoms with Gasteiger partial charge in [-0.25, -0.2) is 0 Å². The number of ether oxygens (including phenoxy) is 1. The third-order valence-electron chi connectivity index (χ3n) is 5.84. The van der Waals surface area contributed by atoms with Gasteiger partial charge >= 0.3 is 12.5 Å². The normalized spacial score (nSPS) is 18.8. The fourth-order valence-electron chi connectivity index (χ4n) is 4.20. The molecule has 1 saturated heterocycles. The fourth-order valence-corrected chi connectivity index (χ4v) is 4.20. The first kappa shape index (κ1) is 26.0. The number of benzene rings is 2. The molecule has 2 atom stereocenters. The molecule has 37 heavy (non-hydrogen) atoms. The molecule has 2 aromatic rings. The standard InChI is InChI=1S/C23H17F6N3O5/c24-22(25,26)18(14-3-1-2-4-16(14)37-23(27,28)29)31-19(34)11-5-6-13-12(9-11)10-32(21(13)36)15-7-8-17(33)30-20(15)35/h1-6,9,15,18H,7-8,10H2,(H,31,34)(H,30,33,35)/t15?,18-/m1/s1. The maximum absolute atomic E-state index is 13.8. The van der Waals surface area contributed by atoms with Gasteiger partial charge in [-0.05, 0) is 36.2 Å². The summed E-state index contributed by atoms with van der Waals surface area (Å²) in [5.74, 6) is -4.09. The average molecular weight is 529 g/mol. The summed E-state index contributed by atoms with van der Waals surface area (Å²) in [4.78, 5) is 50.2. The number of rotatable bonds is 5. The van der Waals surface area contributed by atoms with Crippen LogP contribution in [0.4, 0.5) is 26.3 Å². The maximum atomic E-state index is 13.8. The van der Waals surface area contributed by atoms with Gasteiger partial charge in [0.05, 0.1) is 0 Å². The van der Waals surface area contributed by atoms with Crippen molar-refractivity contribution in [3.05, 3.63) is 64.7 Å². The van der Waals surface area contributed by atoms with Crippen LogP contribution in [0.1, 0.15) is 50.7 Å². The van der Waals surface area contributed by atoms with Gasteiger partial charge < -0.3 is 15.0 Å². The predicted octanol–water partition coefficient (Wildman–Crippen LogP) is 3.38. The molecule has 4 rings (SSSR count). The third-order valence-corrected chi connectivity index (χ3v) is 5.84. The summed E-state index contributed by atoms with van der Waals surface area (Å²) in [5, 5.41) is 3.82. The highest BCUT2D eigenvalue weighted by Crippen LogP contribution is 2.39. The van der Waals surface area contributed by atoms with Crippen LogP contribution in [0.25, 0.3) is 0 Å². The van der Waals surface area contributed by atoms with Crippen LogP contribution >= 0.6 is 0 Å². The number of halogens is 6. The van der Waals surface area contributed by atoms with Crippen LogP contribution in [0.2, 0.25) is 0 Å². The smallest absolute Gasteiger partial charge is 0.405 e. The highest BCUT2D eigenvalue weighted by molar-refractivity contribution is 6.06. The van der Waals surface area contributed by atoms with Crippen LogP contribution in [0.3, 0.4) is 0 Å². The number of hydrogen-bond acceptors (Lipinski definition) is 5. The minimum Gasteiger partial charge on any atom is -0.405 e. The Morgan fingerprint density at radius 1 is 1.05 bits per heavy atom. The van der Waals surface area contributed by atoms with Crippen molar-refractivity contribution in [2.45, 2.75) is 44.0 Å². The van der Waals surface area contributed by atoms with Gasteiger partial charge in [-0.3, -0.25) is 24.5 Å². The molecule has 0 spiro atoms. The number of carbonyl (C=O) groups is 4. The van der Waals surface area contributed by atoms with Crippen molar-refractivity contribution in [1.29, 1.82) is 0 Å². The van der Waals surface area contributed by atoms with E-state index in [9.17, 15) is 45.5 Å². The number of nitrogens with one attached hydrogen (secondary N) is 2. The highest BCUT2D eigenvalue weighted by Gasteiger charge is 2.45. The molecule has 2 N–H and O–H groups in total. The zero-order chi connectivity index (χ0) is 27.1. The molecule has 1 unspecified atom stereocenters. The van der Waals surface area contributed by atoms with Crippen molar-refractivity contribution in [3.8, 4) is 5.75 Å². The maximum Gasteiger partial charge on any atom is 0.573 e. The lowest BCUT2D eigenvalue weighted by atomic mass is 10.0. The Hall–Kier alpha value is -4.10. The molecule has 0 aliphatic carbocycles. The van der Waals surface area contributed by atoms with Gasteiger partial charge in [0.1, 0.15) is 11.8 Å². The fraction of sp³-hybridized carbons (Fsp3) is 0.304. The number of hydrogen-bond donors (Lipinski definition) is 2. The number of imide groups is 1. The Kier molecular flexibility index (Phi) is 6.60. The van der Waals surface area contributed by atoms with Gasteiger partial charge in [0.2, 0.25) is 11.8 Å². The molecule has 2 aliphatic rings. The van der Waals surface area contributed by atoms with Gasteiger partial charge in [0.25, 0.3) is 11.8 Å².